The molecule has 6 heteroatoms. The van der Waals surface area contributed by atoms with Gasteiger partial charge in [0.15, 0.2) is 5.75 Å². The zero-order valence-electron chi connectivity index (χ0n) is 12.9. The van der Waals surface area contributed by atoms with E-state index in [2.05, 4.69) is 15.9 Å². The van der Waals surface area contributed by atoms with Gasteiger partial charge in [0.2, 0.25) is 0 Å². The van der Waals surface area contributed by atoms with E-state index >= 15 is 0 Å². The van der Waals surface area contributed by atoms with Crippen LogP contribution in [0.5, 0.6) is 11.5 Å². The number of ether oxygens (including phenoxy) is 1. The number of hydrogen-bond donors (Lipinski definition) is 0. The first-order valence-electron chi connectivity index (χ1n) is 7.36. The zero-order chi connectivity index (χ0) is 17.2. The van der Waals surface area contributed by atoms with Gasteiger partial charge < -0.3 is 8.92 Å². The lowest BCUT2D eigenvalue weighted by Gasteiger charge is -2.13. The van der Waals surface area contributed by atoms with Crippen molar-refractivity contribution in [3.63, 3.8) is 0 Å². The minimum Gasteiger partial charge on any atom is -0.493 e. The van der Waals surface area contributed by atoms with Crippen LogP contribution in [-0.2, 0) is 10.1 Å². The van der Waals surface area contributed by atoms with Gasteiger partial charge >= 0.3 is 10.1 Å². The molecule has 0 fully saturated rings. The summed E-state index contributed by atoms with van der Waals surface area (Å²) in [6, 6.07) is 17.2. The second-order valence-corrected chi connectivity index (χ2v) is 7.38. The third-order valence-corrected chi connectivity index (χ3v) is 5.40. The van der Waals surface area contributed by atoms with Gasteiger partial charge in [0.1, 0.15) is 10.6 Å². The van der Waals surface area contributed by atoms with Crippen LogP contribution in [0.2, 0.25) is 0 Å². The Balaban J connectivity index is 2.12. The van der Waals surface area contributed by atoms with Gasteiger partial charge in [-0.15, -0.1) is 0 Å². The van der Waals surface area contributed by atoms with E-state index in [0.29, 0.717) is 22.2 Å². The molecule has 0 heterocycles. The average Bonchev–Trinajstić information content (AvgIpc) is 2.57. The molecule has 3 rings (SSSR count). The fourth-order valence-corrected chi connectivity index (χ4v) is 4.04. The Morgan fingerprint density at radius 3 is 2.25 bits per heavy atom. The molecule has 0 aromatic heterocycles. The molecular weight excluding hydrogens is 392 g/mol. The first kappa shape index (κ1) is 16.8. The number of rotatable bonds is 5. The van der Waals surface area contributed by atoms with E-state index in [1.807, 2.05) is 19.1 Å². The zero-order valence-corrected chi connectivity index (χ0v) is 15.3. The molecule has 0 amide bonds. The monoisotopic (exact) mass is 406 g/mol. The fraction of sp³-hybridized carbons (Fsp3) is 0.111. The van der Waals surface area contributed by atoms with E-state index in [-0.39, 0.29) is 10.6 Å². The minimum absolute atomic E-state index is 0.109. The number of fused-ring (bicyclic) bond motifs is 1. The van der Waals surface area contributed by atoms with Crippen LogP contribution < -0.4 is 8.92 Å². The van der Waals surface area contributed by atoms with Crippen LogP contribution in [0.3, 0.4) is 0 Å². The van der Waals surface area contributed by atoms with Crippen molar-refractivity contribution < 1.29 is 17.3 Å². The van der Waals surface area contributed by atoms with Crippen LogP contribution >= 0.6 is 15.9 Å². The molecular formula is C18H15BrO4S. The highest BCUT2D eigenvalue weighted by Crippen LogP contribution is 2.33. The Kier molecular flexibility index (Phi) is 4.78. The smallest absolute Gasteiger partial charge is 0.339 e. The molecule has 0 saturated heterocycles. The second kappa shape index (κ2) is 6.83. The van der Waals surface area contributed by atoms with Gasteiger partial charge in [0, 0.05) is 10.8 Å². The third-order valence-electron chi connectivity index (χ3n) is 3.45. The van der Waals surface area contributed by atoms with Crippen molar-refractivity contribution >= 4 is 36.8 Å². The molecule has 0 aliphatic carbocycles. The normalized spacial score (nSPS) is 11.4. The van der Waals surface area contributed by atoms with Gasteiger partial charge in [0.05, 0.1) is 11.1 Å². The van der Waals surface area contributed by atoms with Crippen molar-refractivity contribution in [1.82, 2.24) is 0 Å². The van der Waals surface area contributed by atoms with Crippen molar-refractivity contribution in [3.8, 4) is 11.5 Å². The Morgan fingerprint density at radius 2 is 1.54 bits per heavy atom. The maximum Gasteiger partial charge on any atom is 0.339 e. The summed E-state index contributed by atoms with van der Waals surface area (Å²) < 4.78 is 37.0. The molecule has 0 spiro atoms. The quantitative estimate of drug-likeness (QED) is 0.572. The molecule has 0 bridgehead atoms. The largest absolute Gasteiger partial charge is 0.493 e. The summed E-state index contributed by atoms with van der Waals surface area (Å²) in [6.07, 6.45) is 0. The van der Waals surface area contributed by atoms with Gasteiger partial charge in [0.25, 0.3) is 0 Å². The number of halogens is 1. The summed E-state index contributed by atoms with van der Waals surface area (Å²) in [5, 5.41) is 1.30. The van der Waals surface area contributed by atoms with Crippen molar-refractivity contribution in [2.45, 2.75) is 11.8 Å². The highest BCUT2D eigenvalue weighted by atomic mass is 79.9. The molecule has 0 atom stereocenters. The molecule has 3 aromatic rings. The van der Waals surface area contributed by atoms with E-state index in [1.165, 1.54) is 6.07 Å². The molecule has 0 saturated carbocycles. The Hall–Kier alpha value is -2.05. The topological polar surface area (TPSA) is 52.6 Å². The van der Waals surface area contributed by atoms with Crippen LogP contribution in [-0.4, -0.2) is 15.0 Å². The summed E-state index contributed by atoms with van der Waals surface area (Å²) in [5.74, 6) is 0.892. The number of hydrogen-bond acceptors (Lipinski definition) is 4. The lowest BCUT2D eigenvalue weighted by atomic mass is 10.1. The summed E-state index contributed by atoms with van der Waals surface area (Å²) in [5.41, 5.74) is 0. The number of para-hydroxylation sites is 1. The Bertz CT molecular complexity index is 983. The summed E-state index contributed by atoms with van der Waals surface area (Å²) in [7, 11) is -3.98. The van der Waals surface area contributed by atoms with E-state index in [4.69, 9.17) is 8.92 Å². The highest BCUT2D eigenvalue weighted by Gasteiger charge is 2.22. The van der Waals surface area contributed by atoms with Crippen LogP contribution in [0.25, 0.3) is 10.8 Å². The molecule has 0 unspecified atom stereocenters. The van der Waals surface area contributed by atoms with E-state index in [9.17, 15) is 8.42 Å². The Labute approximate surface area is 149 Å². The third kappa shape index (κ3) is 3.25. The first-order chi connectivity index (χ1) is 11.5. The van der Waals surface area contributed by atoms with Gasteiger partial charge in [-0.3, -0.25) is 0 Å². The minimum atomic E-state index is -3.98. The number of benzene rings is 3. The van der Waals surface area contributed by atoms with Gasteiger partial charge in [-0.05, 0) is 47.1 Å². The fourth-order valence-electron chi connectivity index (χ4n) is 2.42. The summed E-state index contributed by atoms with van der Waals surface area (Å²) >= 11 is 3.29. The maximum absolute atomic E-state index is 12.8. The predicted molar refractivity (Wildman–Crippen MR) is 97.1 cm³/mol. The van der Waals surface area contributed by atoms with Gasteiger partial charge in [-0.25, -0.2) is 0 Å². The SMILES string of the molecule is CCOc1ccc(S(=O)(=O)Oc2ccccc2Br)c2ccccc12. The van der Waals surface area contributed by atoms with Crippen LogP contribution in [0, 0.1) is 0 Å². The van der Waals surface area contributed by atoms with E-state index < -0.39 is 10.1 Å². The average molecular weight is 407 g/mol. The van der Waals surface area contributed by atoms with Gasteiger partial charge in [-0.1, -0.05) is 36.4 Å². The summed E-state index contributed by atoms with van der Waals surface area (Å²) in [4.78, 5) is 0.109. The van der Waals surface area contributed by atoms with Crippen LogP contribution in [0.4, 0.5) is 0 Å². The van der Waals surface area contributed by atoms with Gasteiger partial charge in [-0.2, -0.15) is 8.42 Å². The molecule has 0 radical (unpaired) electrons. The maximum atomic E-state index is 12.8. The molecule has 24 heavy (non-hydrogen) atoms. The van der Waals surface area contributed by atoms with E-state index in [1.54, 1.807) is 42.5 Å². The standard InChI is InChI=1S/C18H15BrO4S/c1-2-22-16-11-12-18(14-8-4-3-7-13(14)16)24(20,21)23-17-10-6-5-9-15(17)19/h3-12H,2H2,1H3. The first-order valence-corrected chi connectivity index (χ1v) is 9.56. The molecule has 3 aromatic carbocycles. The van der Waals surface area contributed by atoms with Crippen LogP contribution in [0.1, 0.15) is 6.92 Å². The second-order valence-electron chi connectivity index (χ2n) is 5.01. The molecule has 0 aliphatic rings. The van der Waals surface area contributed by atoms with Crippen LogP contribution in [0.15, 0.2) is 70.0 Å². The molecule has 0 N–H and O–H groups in total. The highest BCUT2D eigenvalue weighted by molar-refractivity contribution is 9.10. The molecule has 4 nitrogen and oxygen atoms in total. The molecule has 124 valence electrons. The molecule has 0 aliphatic heterocycles. The van der Waals surface area contributed by atoms with Crippen molar-refractivity contribution in [2.24, 2.45) is 0 Å². The lowest BCUT2D eigenvalue weighted by Crippen LogP contribution is -2.11. The van der Waals surface area contributed by atoms with Crippen molar-refractivity contribution in [2.75, 3.05) is 6.61 Å². The predicted octanol–water partition coefficient (Wildman–Crippen LogP) is 4.77. The lowest BCUT2D eigenvalue weighted by molar-refractivity contribution is 0.344. The Morgan fingerprint density at radius 1 is 0.875 bits per heavy atom. The summed E-state index contributed by atoms with van der Waals surface area (Å²) in [6.45, 7) is 2.39. The van der Waals surface area contributed by atoms with Crippen molar-refractivity contribution in [1.29, 1.82) is 0 Å². The van der Waals surface area contributed by atoms with Crippen molar-refractivity contribution in [3.05, 3.63) is 65.1 Å². The van der Waals surface area contributed by atoms with E-state index in [0.717, 1.165) is 5.39 Å².